The quantitative estimate of drug-likeness (QED) is 0.754. The third kappa shape index (κ3) is 2.08. The van der Waals surface area contributed by atoms with Gasteiger partial charge in [0.05, 0.1) is 17.9 Å². The normalized spacial score (nSPS) is 11.8. The number of Topliss-reactive ketones (excluding diaryl/α,β-unsaturated/α-hetero) is 1. The van der Waals surface area contributed by atoms with Crippen LogP contribution < -0.4 is 0 Å². The topological polar surface area (TPSA) is 66.9 Å². The molecule has 2 aromatic heterocycles. The largest absolute Gasteiger partial charge is 0.469 e. The van der Waals surface area contributed by atoms with Crippen molar-refractivity contribution in [3.8, 4) is 6.07 Å². The molecule has 84 valence electrons. The molecule has 0 saturated carbocycles. The van der Waals surface area contributed by atoms with Gasteiger partial charge in [-0.15, -0.1) is 0 Å². The van der Waals surface area contributed by atoms with E-state index in [4.69, 9.17) is 9.68 Å². The number of hydrogen-bond acceptors (Lipinski definition) is 4. The Bertz CT molecular complexity index is 567. The van der Waals surface area contributed by atoms with Gasteiger partial charge >= 0.3 is 0 Å². The molecule has 0 radical (unpaired) electrons. The molecule has 0 aliphatic carbocycles. The molecular weight excluding hydrogens is 216 g/mol. The molecule has 0 N–H and O–H groups in total. The first kappa shape index (κ1) is 11.1. The fourth-order valence-corrected chi connectivity index (χ4v) is 1.63. The lowest BCUT2D eigenvalue weighted by Crippen LogP contribution is -2.11. The highest BCUT2D eigenvalue weighted by atomic mass is 16.3. The summed E-state index contributed by atoms with van der Waals surface area (Å²) in [6.07, 6.45) is 4.58. The number of carbonyl (C=O) groups excluding carboxylic acids is 1. The fraction of sp³-hybridized carbons (Fsp3) is 0.154. The van der Waals surface area contributed by atoms with E-state index in [1.54, 1.807) is 31.3 Å². The molecule has 4 nitrogen and oxygen atoms in total. The number of furan rings is 1. The van der Waals surface area contributed by atoms with E-state index in [1.165, 1.54) is 12.5 Å². The third-order valence-electron chi connectivity index (χ3n) is 2.53. The zero-order valence-corrected chi connectivity index (χ0v) is 9.25. The van der Waals surface area contributed by atoms with Gasteiger partial charge in [0.25, 0.3) is 0 Å². The maximum Gasteiger partial charge on any atom is 0.188 e. The van der Waals surface area contributed by atoms with Gasteiger partial charge in [0.15, 0.2) is 5.78 Å². The SMILES string of the molecule is Cc1occc1C(=O)C(C#N)c1cccnc1. The molecule has 0 spiro atoms. The number of carbonyl (C=O) groups is 1. The molecule has 2 rings (SSSR count). The summed E-state index contributed by atoms with van der Waals surface area (Å²) >= 11 is 0. The molecule has 17 heavy (non-hydrogen) atoms. The molecule has 0 fully saturated rings. The van der Waals surface area contributed by atoms with Crippen LogP contribution in [-0.2, 0) is 0 Å². The first-order valence-electron chi connectivity index (χ1n) is 5.12. The van der Waals surface area contributed by atoms with E-state index >= 15 is 0 Å². The van der Waals surface area contributed by atoms with E-state index in [2.05, 4.69) is 4.98 Å². The summed E-state index contributed by atoms with van der Waals surface area (Å²) in [6.45, 7) is 1.70. The van der Waals surface area contributed by atoms with Crippen molar-refractivity contribution in [3.05, 3.63) is 53.7 Å². The van der Waals surface area contributed by atoms with E-state index in [0.29, 0.717) is 16.9 Å². The van der Waals surface area contributed by atoms with Crippen molar-refractivity contribution >= 4 is 5.78 Å². The van der Waals surface area contributed by atoms with Gasteiger partial charge in [0.2, 0.25) is 0 Å². The second kappa shape index (κ2) is 4.62. The zero-order valence-electron chi connectivity index (χ0n) is 9.25. The molecule has 1 atom stereocenters. The standard InChI is InChI=1S/C13H10N2O2/c1-9-11(4-6-17-9)13(16)12(7-14)10-3-2-5-15-8-10/h2-6,8,12H,1H3. The minimum Gasteiger partial charge on any atom is -0.469 e. The molecule has 0 amide bonds. The van der Waals surface area contributed by atoms with Crippen LogP contribution in [0.1, 0.15) is 27.6 Å². The van der Waals surface area contributed by atoms with Crippen LogP contribution in [0.15, 0.2) is 41.3 Å². The summed E-state index contributed by atoms with van der Waals surface area (Å²) in [5.41, 5.74) is 1.04. The Morgan fingerprint density at radius 2 is 2.35 bits per heavy atom. The number of nitrogens with zero attached hydrogens (tertiary/aromatic N) is 2. The molecule has 2 aromatic rings. The molecule has 2 heterocycles. The lowest BCUT2D eigenvalue weighted by Gasteiger charge is -2.06. The molecular formula is C13H10N2O2. The van der Waals surface area contributed by atoms with Gasteiger partial charge in [-0.3, -0.25) is 9.78 Å². The van der Waals surface area contributed by atoms with Crippen molar-refractivity contribution < 1.29 is 9.21 Å². The predicted molar refractivity (Wildman–Crippen MR) is 60.4 cm³/mol. The average Bonchev–Trinajstić information content (AvgIpc) is 2.77. The van der Waals surface area contributed by atoms with E-state index in [-0.39, 0.29) is 5.78 Å². The van der Waals surface area contributed by atoms with Crippen LogP contribution in [0.25, 0.3) is 0 Å². The Labute approximate surface area is 98.5 Å². The van der Waals surface area contributed by atoms with Crippen LogP contribution in [0, 0.1) is 18.3 Å². The number of aromatic nitrogens is 1. The van der Waals surface area contributed by atoms with Crippen LogP contribution in [0.3, 0.4) is 0 Å². The first-order chi connectivity index (χ1) is 8.24. The summed E-state index contributed by atoms with van der Waals surface area (Å²) in [5.74, 6) is -0.564. The number of nitriles is 1. The smallest absolute Gasteiger partial charge is 0.188 e. The van der Waals surface area contributed by atoms with E-state index < -0.39 is 5.92 Å². The summed E-state index contributed by atoms with van der Waals surface area (Å²) in [4.78, 5) is 16.1. The summed E-state index contributed by atoms with van der Waals surface area (Å²) in [5, 5.41) is 9.11. The van der Waals surface area contributed by atoms with Gasteiger partial charge in [-0.1, -0.05) is 6.07 Å². The lowest BCUT2D eigenvalue weighted by molar-refractivity contribution is 0.0977. The van der Waals surface area contributed by atoms with Crippen LogP contribution in [0.5, 0.6) is 0 Å². The van der Waals surface area contributed by atoms with Crippen LogP contribution in [0.4, 0.5) is 0 Å². The lowest BCUT2D eigenvalue weighted by atomic mass is 9.93. The number of ketones is 1. The fourth-order valence-electron chi connectivity index (χ4n) is 1.63. The van der Waals surface area contributed by atoms with Gasteiger partial charge in [0.1, 0.15) is 11.7 Å². The highest BCUT2D eigenvalue weighted by Gasteiger charge is 2.24. The minimum absolute atomic E-state index is 0.258. The molecule has 4 heteroatoms. The predicted octanol–water partition coefficient (Wildman–Crippen LogP) is 2.47. The Morgan fingerprint density at radius 3 is 2.88 bits per heavy atom. The number of hydrogen-bond donors (Lipinski definition) is 0. The van der Waals surface area contributed by atoms with Gasteiger partial charge in [-0.05, 0) is 24.6 Å². The highest BCUT2D eigenvalue weighted by Crippen LogP contribution is 2.22. The molecule has 0 aliphatic rings. The van der Waals surface area contributed by atoms with Crippen molar-refractivity contribution in [2.75, 3.05) is 0 Å². The van der Waals surface area contributed by atoms with Crippen molar-refractivity contribution in [2.45, 2.75) is 12.8 Å². The van der Waals surface area contributed by atoms with Crippen LogP contribution in [-0.4, -0.2) is 10.8 Å². The van der Waals surface area contributed by atoms with E-state index in [1.807, 2.05) is 6.07 Å². The van der Waals surface area contributed by atoms with Gasteiger partial charge in [-0.2, -0.15) is 5.26 Å². The van der Waals surface area contributed by atoms with E-state index in [9.17, 15) is 4.79 Å². The Morgan fingerprint density at radius 1 is 1.53 bits per heavy atom. The Kier molecular flexibility index (Phi) is 3.01. The molecule has 0 aliphatic heterocycles. The van der Waals surface area contributed by atoms with Crippen LogP contribution in [0.2, 0.25) is 0 Å². The van der Waals surface area contributed by atoms with E-state index in [0.717, 1.165) is 0 Å². The van der Waals surface area contributed by atoms with Crippen molar-refractivity contribution in [2.24, 2.45) is 0 Å². The summed E-state index contributed by atoms with van der Waals surface area (Å²) in [6, 6.07) is 7.00. The minimum atomic E-state index is -0.833. The second-order valence-corrected chi connectivity index (χ2v) is 3.60. The van der Waals surface area contributed by atoms with Gasteiger partial charge in [0, 0.05) is 12.4 Å². The maximum absolute atomic E-state index is 12.1. The van der Waals surface area contributed by atoms with Gasteiger partial charge in [-0.25, -0.2) is 0 Å². The second-order valence-electron chi connectivity index (χ2n) is 3.60. The first-order valence-corrected chi connectivity index (χ1v) is 5.12. The number of aryl methyl sites for hydroxylation is 1. The van der Waals surface area contributed by atoms with Crippen LogP contribution >= 0.6 is 0 Å². The third-order valence-corrected chi connectivity index (χ3v) is 2.53. The van der Waals surface area contributed by atoms with Crippen molar-refractivity contribution in [1.29, 1.82) is 5.26 Å². The number of pyridine rings is 1. The van der Waals surface area contributed by atoms with Gasteiger partial charge < -0.3 is 4.42 Å². The van der Waals surface area contributed by atoms with Crippen molar-refractivity contribution in [1.82, 2.24) is 4.98 Å². The average molecular weight is 226 g/mol. The monoisotopic (exact) mass is 226 g/mol. The van der Waals surface area contributed by atoms with Crippen molar-refractivity contribution in [3.63, 3.8) is 0 Å². The Hall–Kier alpha value is -2.41. The summed E-state index contributed by atoms with van der Waals surface area (Å²) < 4.78 is 5.07. The molecule has 0 saturated heterocycles. The number of rotatable bonds is 3. The summed E-state index contributed by atoms with van der Waals surface area (Å²) in [7, 11) is 0. The molecule has 1 unspecified atom stereocenters. The highest BCUT2D eigenvalue weighted by molar-refractivity contribution is 6.03. The molecule has 0 bridgehead atoms. The molecule has 0 aromatic carbocycles. The maximum atomic E-state index is 12.1. The zero-order chi connectivity index (χ0) is 12.3. The Balaban J connectivity index is 2.36.